The highest BCUT2D eigenvalue weighted by Gasteiger charge is 2.27. The number of pyridine rings is 1. The third-order valence-corrected chi connectivity index (χ3v) is 6.35. The smallest absolute Gasteiger partial charge is 0.410 e. The second-order valence-electron chi connectivity index (χ2n) is 8.54. The summed E-state index contributed by atoms with van der Waals surface area (Å²) in [5, 5.41) is 8.81. The summed E-state index contributed by atoms with van der Waals surface area (Å²) in [5.74, 6) is 0. The molecule has 0 atom stereocenters. The SMILES string of the molecule is CN1CCC(OC(=O)N2CCN(c3cnn4cc(-c5cnn(C)c5)ccc34)CC2)CC1. The number of hydrogen-bond donors (Lipinski definition) is 0. The number of aryl methyl sites for hydroxylation is 1. The van der Waals surface area contributed by atoms with E-state index >= 15 is 0 Å². The normalized spacial score (nSPS) is 18.6. The molecule has 0 N–H and O–H groups in total. The van der Waals surface area contributed by atoms with Crippen LogP contribution in [0.15, 0.2) is 36.9 Å². The molecule has 2 aliphatic rings. The predicted octanol–water partition coefficient (Wildman–Crippen LogP) is 2.09. The molecule has 3 aromatic rings. The van der Waals surface area contributed by atoms with Crippen molar-refractivity contribution in [1.29, 1.82) is 0 Å². The summed E-state index contributed by atoms with van der Waals surface area (Å²) in [4.78, 5) is 19.0. The van der Waals surface area contributed by atoms with Crippen LogP contribution in [0.4, 0.5) is 10.5 Å². The maximum atomic E-state index is 12.6. The Morgan fingerprint density at radius 1 is 0.935 bits per heavy atom. The van der Waals surface area contributed by atoms with Crippen LogP contribution in [0.1, 0.15) is 12.8 Å². The number of carbonyl (C=O) groups is 1. The number of aromatic nitrogens is 4. The van der Waals surface area contributed by atoms with Gasteiger partial charge in [-0.3, -0.25) is 4.68 Å². The van der Waals surface area contributed by atoms with Gasteiger partial charge in [-0.25, -0.2) is 9.31 Å². The predicted molar refractivity (Wildman–Crippen MR) is 118 cm³/mol. The number of amides is 1. The molecule has 164 valence electrons. The average Bonchev–Trinajstić information content (AvgIpc) is 3.41. The van der Waals surface area contributed by atoms with Crippen LogP contribution in [0.25, 0.3) is 16.6 Å². The fraction of sp³-hybridized carbons (Fsp3) is 0.500. The third kappa shape index (κ3) is 4.10. The van der Waals surface area contributed by atoms with Crippen LogP contribution < -0.4 is 4.90 Å². The lowest BCUT2D eigenvalue weighted by Gasteiger charge is -2.36. The fourth-order valence-corrected chi connectivity index (χ4v) is 4.41. The molecular formula is C22H29N7O2. The van der Waals surface area contributed by atoms with E-state index < -0.39 is 0 Å². The summed E-state index contributed by atoms with van der Waals surface area (Å²) in [6.45, 7) is 4.85. The lowest BCUT2D eigenvalue weighted by molar-refractivity contribution is 0.0320. The van der Waals surface area contributed by atoms with Crippen molar-refractivity contribution in [2.24, 2.45) is 7.05 Å². The zero-order valence-corrected chi connectivity index (χ0v) is 18.1. The van der Waals surface area contributed by atoms with Crippen LogP contribution in [0.3, 0.4) is 0 Å². The van der Waals surface area contributed by atoms with Crippen molar-refractivity contribution in [3.63, 3.8) is 0 Å². The highest BCUT2D eigenvalue weighted by molar-refractivity contribution is 5.76. The molecule has 0 aliphatic carbocycles. The first-order valence-corrected chi connectivity index (χ1v) is 10.9. The Balaban J connectivity index is 1.22. The maximum Gasteiger partial charge on any atom is 0.410 e. The molecular weight excluding hydrogens is 394 g/mol. The van der Waals surface area contributed by atoms with Gasteiger partial charge in [0, 0.05) is 69.8 Å². The number of fused-ring (bicyclic) bond motifs is 1. The van der Waals surface area contributed by atoms with Gasteiger partial charge >= 0.3 is 6.09 Å². The Labute approximate surface area is 181 Å². The molecule has 3 aromatic heterocycles. The van der Waals surface area contributed by atoms with E-state index in [0.29, 0.717) is 13.1 Å². The number of rotatable bonds is 3. The van der Waals surface area contributed by atoms with E-state index in [-0.39, 0.29) is 12.2 Å². The Hall–Kier alpha value is -3.07. The van der Waals surface area contributed by atoms with Gasteiger partial charge in [-0.05, 0) is 26.0 Å². The molecule has 0 bridgehead atoms. The summed E-state index contributed by atoms with van der Waals surface area (Å²) in [6.07, 6.45) is 9.52. The third-order valence-electron chi connectivity index (χ3n) is 6.35. The first-order valence-electron chi connectivity index (χ1n) is 10.9. The fourth-order valence-electron chi connectivity index (χ4n) is 4.41. The molecule has 2 saturated heterocycles. The van der Waals surface area contributed by atoms with Gasteiger partial charge in [-0.1, -0.05) is 6.07 Å². The first-order chi connectivity index (χ1) is 15.1. The average molecular weight is 424 g/mol. The summed E-state index contributed by atoms with van der Waals surface area (Å²) < 4.78 is 9.46. The molecule has 2 aliphatic heterocycles. The molecule has 5 rings (SSSR count). The number of anilines is 1. The molecule has 31 heavy (non-hydrogen) atoms. The van der Waals surface area contributed by atoms with Crippen LogP contribution in [0.5, 0.6) is 0 Å². The van der Waals surface area contributed by atoms with Crippen molar-refractivity contribution < 1.29 is 9.53 Å². The van der Waals surface area contributed by atoms with E-state index in [1.807, 2.05) is 41.3 Å². The Morgan fingerprint density at radius 2 is 1.71 bits per heavy atom. The monoisotopic (exact) mass is 423 g/mol. The number of carbonyl (C=O) groups excluding carboxylic acids is 1. The van der Waals surface area contributed by atoms with Crippen molar-refractivity contribution in [2.45, 2.75) is 18.9 Å². The van der Waals surface area contributed by atoms with E-state index in [1.165, 1.54) is 0 Å². The summed E-state index contributed by atoms with van der Waals surface area (Å²) in [7, 11) is 4.02. The van der Waals surface area contributed by atoms with Crippen molar-refractivity contribution in [2.75, 3.05) is 51.2 Å². The second kappa shape index (κ2) is 8.22. The molecule has 0 spiro atoms. The second-order valence-corrected chi connectivity index (χ2v) is 8.54. The van der Waals surface area contributed by atoms with Gasteiger partial charge < -0.3 is 19.4 Å². The number of ether oxygens (including phenoxy) is 1. The zero-order chi connectivity index (χ0) is 21.4. The number of likely N-dealkylation sites (tertiary alicyclic amines) is 1. The van der Waals surface area contributed by atoms with Gasteiger partial charge in [0.2, 0.25) is 0 Å². The van der Waals surface area contributed by atoms with Crippen LogP contribution in [0, 0.1) is 0 Å². The zero-order valence-electron chi connectivity index (χ0n) is 18.1. The van der Waals surface area contributed by atoms with Gasteiger partial charge in [0.05, 0.1) is 23.6 Å². The highest BCUT2D eigenvalue weighted by atomic mass is 16.6. The van der Waals surface area contributed by atoms with Gasteiger partial charge in [0.25, 0.3) is 0 Å². The van der Waals surface area contributed by atoms with E-state index in [1.54, 1.807) is 4.68 Å². The number of piperidine rings is 1. The quantitative estimate of drug-likeness (QED) is 0.643. The lowest BCUT2D eigenvalue weighted by Crippen LogP contribution is -2.50. The molecule has 9 heteroatoms. The topological polar surface area (TPSA) is 71.1 Å². The standard InChI is InChI=1S/C22H29N7O2/c1-25-7-5-19(6-8-25)31-22(30)28-11-9-27(10-12-28)21-14-24-29-16-17(3-4-20(21)29)18-13-23-26(2)15-18/h3-4,13-16,19H,5-12H2,1-2H3. The van der Waals surface area contributed by atoms with Crippen molar-refractivity contribution >= 4 is 17.3 Å². The van der Waals surface area contributed by atoms with E-state index in [9.17, 15) is 4.79 Å². The molecule has 0 saturated carbocycles. The minimum absolute atomic E-state index is 0.0513. The largest absolute Gasteiger partial charge is 0.446 e. The van der Waals surface area contributed by atoms with Crippen LogP contribution >= 0.6 is 0 Å². The highest BCUT2D eigenvalue weighted by Crippen LogP contribution is 2.26. The Morgan fingerprint density at radius 3 is 2.42 bits per heavy atom. The van der Waals surface area contributed by atoms with Crippen molar-refractivity contribution in [1.82, 2.24) is 29.2 Å². The van der Waals surface area contributed by atoms with E-state index in [0.717, 1.165) is 61.4 Å². The van der Waals surface area contributed by atoms with E-state index in [2.05, 4.69) is 39.2 Å². The maximum absolute atomic E-state index is 12.6. The molecule has 0 aromatic carbocycles. The summed E-state index contributed by atoms with van der Waals surface area (Å²) in [5.41, 5.74) is 4.31. The van der Waals surface area contributed by atoms with E-state index in [4.69, 9.17) is 4.74 Å². The number of hydrogen-bond acceptors (Lipinski definition) is 6. The van der Waals surface area contributed by atoms with Gasteiger partial charge in [-0.15, -0.1) is 0 Å². The van der Waals surface area contributed by atoms with Gasteiger partial charge in [0.1, 0.15) is 6.10 Å². The number of nitrogens with zero attached hydrogens (tertiary/aromatic N) is 7. The molecule has 5 heterocycles. The Kier molecular flexibility index (Phi) is 5.27. The van der Waals surface area contributed by atoms with Crippen molar-refractivity contribution in [3.05, 3.63) is 36.9 Å². The van der Waals surface area contributed by atoms with Crippen molar-refractivity contribution in [3.8, 4) is 11.1 Å². The summed E-state index contributed by atoms with van der Waals surface area (Å²) >= 11 is 0. The first kappa shape index (κ1) is 19.9. The Bertz CT molecular complexity index is 1060. The van der Waals surface area contributed by atoms with Crippen LogP contribution in [0.2, 0.25) is 0 Å². The van der Waals surface area contributed by atoms with Gasteiger partial charge in [-0.2, -0.15) is 10.2 Å². The van der Waals surface area contributed by atoms with Crippen LogP contribution in [-0.2, 0) is 11.8 Å². The lowest BCUT2D eigenvalue weighted by atomic mass is 10.1. The molecule has 9 nitrogen and oxygen atoms in total. The van der Waals surface area contributed by atoms with Crippen LogP contribution in [-0.4, -0.2) is 87.7 Å². The summed E-state index contributed by atoms with van der Waals surface area (Å²) in [6, 6.07) is 4.21. The number of piperazine rings is 1. The molecule has 0 radical (unpaired) electrons. The minimum Gasteiger partial charge on any atom is -0.446 e. The minimum atomic E-state index is -0.171. The van der Waals surface area contributed by atoms with Gasteiger partial charge in [0.15, 0.2) is 0 Å². The molecule has 2 fully saturated rings. The molecule has 0 unspecified atom stereocenters. The molecule has 1 amide bonds.